The van der Waals surface area contributed by atoms with Gasteiger partial charge in [-0.1, -0.05) is 0 Å². The van der Waals surface area contributed by atoms with E-state index in [1.165, 1.54) is 0 Å². The van der Waals surface area contributed by atoms with Gasteiger partial charge in [0.2, 0.25) is 10.0 Å². The molecular formula is C14H18N8O2S. The van der Waals surface area contributed by atoms with Crippen LogP contribution < -0.4 is 10.0 Å². The largest absolute Gasteiger partial charge is 0.367 e. The van der Waals surface area contributed by atoms with Gasteiger partial charge in [-0.05, 0) is 32.0 Å². The van der Waals surface area contributed by atoms with E-state index in [2.05, 4.69) is 35.5 Å². The lowest BCUT2D eigenvalue weighted by Crippen LogP contribution is -2.29. The summed E-state index contributed by atoms with van der Waals surface area (Å²) in [6, 6.07) is 5.32. The zero-order valence-corrected chi connectivity index (χ0v) is 14.6. The van der Waals surface area contributed by atoms with Crippen molar-refractivity contribution in [2.24, 2.45) is 0 Å². The molecule has 0 radical (unpaired) electrons. The fourth-order valence-corrected chi connectivity index (χ4v) is 3.73. The first kappa shape index (κ1) is 17.0. The van der Waals surface area contributed by atoms with Crippen LogP contribution in [0.3, 0.4) is 0 Å². The molecule has 0 amide bonds. The van der Waals surface area contributed by atoms with Gasteiger partial charge in [-0.2, -0.15) is 10.2 Å². The molecule has 0 bridgehead atoms. The normalized spacial score (nSPS) is 11.6. The molecule has 11 heteroatoms. The van der Waals surface area contributed by atoms with Gasteiger partial charge < -0.3 is 5.32 Å². The number of sulfonamides is 1. The Labute approximate surface area is 144 Å². The molecule has 3 rings (SSSR count). The highest BCUT2D eigenvalue weighted by Gasteiger charge is 2.21. The Balaban J connectivity index is 1.53. The third-order valence-corrected chi connectivity index (χ3v) is 5.17. The summed E-state index contributed by atoms with van der Waals surface area (Å²) in [7, 11) is -3.60. The highest BCUT2D eigenvalue weighted by atomic mass is 32.2. The van der Waals surface area contributed by atoms with E-state index < -0.39 is 10.0 Å². The Morgan fingerprint density at radius 2 is 2.04 bits per heavy atom. The van der Waals surface area contributed by atoms with Crippen LogP contribution in [-0.2, 0) is 10.0 Å². The number of nitrogens with zero attached hydrogens (tertiary/aromatic N) is 5. The number of hydrogen-bond donors (Lipinski definition) is 3. The zero-order valence-electron chi connectivity index (χ0n) is 13.8. The van der Waals surface area contributed by atoms with E-state index in [0.29, 0.717) is 29.6 Å². The Kier molecular flexibility index (Phi) is 4.76. The molecule has 0 saturated carbocycles. The Morgan fingerprint density at radius 1 is 1.20 bits per heavy atom. The first-order chi connectivity index (χ1) is 12.0. The minimum absolute atomic E-state index is 0.191. The van der Waals surface area contributed by atoms with Gasteiger partial charge in [0.15, 0.2) is 5.82 Å². The molecule has 25 heavy (non-hydrogen) atoms. The van der Waals surface area contributed by atoms with E-state index in [-0.39, 0.29) is 11.4 Å². The van der Waals surface area contributed by atoms with Crippen LogP contribution in [0.25, 0.3) is 5.82 Å². The first-order valence-corrected chi connectivity index (χ1v) is 9.04. The summed E-state index contributed by atoms with van der Waals surface area (Å²) >= 11 is 0. The second kappa shape index (κ2) is 6.99. The van der Waals surface area contributed by atoms with E-state index in [9.17, 15) is 8.42 Å². The molecule has 3 heterocycles. The number of nitrogens with one attached hydrogen (secondary N) is 3. The van der Waals surface area contributed by atoms with Crippen LogP contribution in [0.15, 0.2) is 35.5 Å². The molecule has 3 aromatic heterocycles. The Hall–Kier alpha value is -2.79. The van der Waals surface area contributed by atoms with E-state index in [4.69, 9.17) is 0 Å². The van der Waals surface area contributed by atoms with Crippen LogP contribution in [0.1, 0.15) is 11.4 Å². The second-order valence-electron chi connectivity index (χ2n) is 5.32. The predicted octanol–water partition coefficient (Wildman–Crippen LogP) is 0.393. The van der Waals surface area contributed by atoms with Gasteiger partial charge in [0.05, 0.1) is 11.4 Å². The smallest absolute Gasteiger partial charge is 0.244 e. The molecule has 0 fully saturated rings. The Morgan fingerprint density at radius 3 is 2.64 bits per heavy atom. The maximum atomic E-state index is 12.3. The SMILES string of the molecule is Cc1n[nH]c(C)c1S(=O)(=O)NCCNc1ccc(-n2cccn2)nn1. The number of H-pyrrole nitrogens is 1. The molecule has 0 aliphatic rings. The lowest BCUT2D eigenvalue weighted by atomic mass is 10.4. The summed E-state index contributed by atoms with van der Waals surface area (Å²) in [6.45, 7) is 3.89. The summed E-state index contributed by atoms with van der Waals surface area (Å²) < 4.78 is 28.7. The topological polar surface area (TPSA) is 130 Å². The summed E-state index contributed by atoms with van der Waals surface area (Å²) in [5.74, 6) is 1.15. The van der Waals surface area contributed by atoms with Gasteiger partial charge in [-0.25, -0.2) is 17.8 Å². The van der Waals surface area contributed by atoms with Crippen molar-refractivity contribution >= 4 is 15.8 Å². The molecule has 0 spiro atoms. The molecule has 0 unspecified atom stereocenters. The van der Waals surface area contributed by atoms with Gasteiger partial charge in [-0.15, -0.1) is 10.2 Å². The first-order valence-electron chi connectivity index (χ1n) is 7.56. The monoisotopic (exact) mass is 362 g/mol. The molecule has 0 saturated heterocycles. The minimum Gasteiger partial charge on any atom is -0.367 e. The van der Waals surface area contributed by atoms with Crippen molar-refractivity contribution in [1.82, 2.24) is 34.9 Å². The zero-order chi connectivity index (χ0) is 17.9. The van der Waals surface area contributed by atoms with Crippen molar-refractivity contribution in [1.29, 1.82) is 0 Å². The maximum Gasteiger partial charge on any atom is 0.244 e. The van der Waals surface area contributed by atoms with Crippen LogP contribution >= 0.6 is 0 Å². The molecular weight excluding hydrogens is 344 g/mol. The number of aromatic nitrogens is 6. The average Bonchev–Trinajstić information content (AvgIpc) is 3.22. The fourth-order valence-electron chi connectivity index (χ4n) is 2.33. The predicted molar refractivity (Wildman–Crippen MR) is 90.9 cm³/mol. The van der Waals surface area contributed by atoms with Gasteiger partial charge in [0, 0.05) is 25.5 Å². The quantitative estimate of drug-likeness (QED) is 0.518. The lowest BCUT2D eigenvalue weighted by molar-refractivity contribution is 0.581. The molecule has 0 aromatic carbocycles. The number of rotatable bonds is 7. The molecule has 3 N–H and O–H groups in total. The number of hydrogen-bond acceptors (Lipinski definition) is 7. The highest BCUT2D eigenvalue weighted by Crippen LogP contribution is 2.15. The van der Waals surface area contributed by atoms with E-state index in [1.807, 2.05) is 0 Å². The summed E-state index contributed by atoms with van der Waals surface area (Å²) in [5.41, 5.74) is 0.955. The Bertz CT molecular complexity index is 912. The molecule has 0 aliphatic carbocycles. The van der Waals surface area contributed by atoms with Crippen LogP contribution in [0.4, 0.5) is 5.82 Å². The highest BCUT2D eigenvalue weighted by molar-refractivity contribution is 7.89. The standard InChI is InChI=1S/C14H18N8O2S/c1-10-14(11(2)19-18-10)25(23,24)17-8-7-15-12-4-5-13(21-20-12)22-9-3-6-16-22/h3-6,9,17H,7-8H2,1-2H3,(H,15,20)(H,18,19). The summed E-state index contributed by atoms with van der Waals surface area (Å²) in [5, 5.41) is 21.7. The van der Waals surface area contributed by atoms with Gasteiger partial charge >= 0.3 is 0 Å². The molecule has 0 atom stereocenters. The third kappa shape index (κ3) is 3.83. The molecule has 0 aliphatic heterocycles. The van der Waals surface area contributed by atoms with Crippen LogP contribution in [-0.4, -0.2) is 51.7 Å². The van der Waals surface area contributed by atoms with Crippen molar-refractivity contribution in [3.8, 4) is 5.82 Å². The third-order valence-electron chi connectivity index (χ3n) is 3.44. The van der Waals surface area contributed by atoms with Crippen molar-refractivity contribution in [3.05, 3.63) is 42.0 Å². The molecule has 10 nitrogen and oxygen atoms in total. The second-order valence-corrected chi connectivity index (χ2v) is 7.02. The van der Waals surface area contributed by atoms with Gasteiger partial charge in [0.1, 0.15) is 10.7 Å². The van der Waals surface area contributed by atoms with Crippen LogP contribution in [0, 0.1) is 13.8 Å². The van der Waals surface area contributed by atoms with Crippen molar-refractivity contribution in [2.75, 3.05) is 18.4 Å². The van der Waals surface area contributed by atoms with Gasteiger partial charge in [-0.3, -0.25) is 5.10 Å². The van der Waals surface area contributed by atoms with Crippen molar-refractivity contribution in [2.45, 2.75) is 18.7 Å². The lowest BCUT2D eigenvalue weighted by Gasteiger charge is -2.08. The number of aromatic amines is 1. The fraction of sp³-hybridized carbons (Fsp3) is 0.286. The number of anilines is 1. The minimum atomic E-state index is -3.60. The van der Waals surface area contributed by atoms with E-state index in [0.717, 1.165) is 0 Å². The number of aryl methyl sites for hydroxylation is 2. The maximum absolute atomic E-state index is 12.3. The molecule has 132 valence electrons. The van der Waals surface area contributed by atoms with Crippen molar-refractivity contribution in [3.63, 3.8) is 0 Å². The van der Waals surface area contributed by atoms with E-state index in [1.54, 1.807) is 49.1 Å². The summed E-state index contributed by atoms with van der Waals surface area (Å²) in [4.78, 5) is 0.191. The molecule has 3 aromatic rings. The van der Waals surface area contributed by atoms with Crippen LogP contribution in [0.5, 0.6) is 0 Å². The average molecular weight is 362 g/mol. The van der Waals surface area contributed by atoms with Crippen LogP contribution in [0.2, 0.25) is 0 Å². The summed E-state index contributed by atoms with van der Waals surface area (Å²) in [6.07, 6.45) is 3.43. The van der Waals surface area contributed by atoms with E-state index >= 15 is 0 Å². The van der Waals surface area contributed by atoms with Crippen molar-refractivity contribution < 1.29 is 8.42 Å². The van der Waals surface area contributed by atoms with Gasteiger partial charge in [0.25, 0.3) is 0 Å².